The van der Waals surface area contributed by atoms with Crippen molar-refractivity contribution in [3.63, 3.8) is 0 Å². The molecule has 0 aliphatic heterocycles. The van der Waals surface area contributed by atoms with Crippen molar-refractivity contribution in [2.45, 2.75) is 12.8 Å². The Morgan fingerprint density at radius 2 is 1.75 bits per heavy atom. The summed E-state index contributed by atoms with van der Waals surface area (Å²) in [5, 5.41) is 17.1. The van der Waals surface area contributed by atoms with Crippen molar-refractivity contribution < 1.29 is 28.6 Å². The largest absolute Gasteiger partial charge is 0.481 e. The molecule has 1 aromatic rings. The summed E-state index contributed by atoms with van der Waals surface area (Å²) in [4.78, 5) is 21.0. The van der Waals surface area contributed by atoms with E-state index in [1.165, 1.54) is 6.92 Å². The molecule has 0 fully saturated rings. The third-order valence-electron chi connectivity index (χ3n) is 2.15. The molecule has 0 radical (unpaired) electrons. The molecule has 1 aromatic carbocycles. The van der Waals surface area contributed by atoms with E-state index in [1.54, 1.807) is 0 Å². The molecule has 1 atom stereocenters. The Labute approximate surface area is 89.1 Å². The zero-order chi connectivity index (χ0) is 12.5. The Morgan fingerprint density at radius 1 is 1.19 bits per heavy atom. The Morgan fingerprint density at radius 3 is 2.19 bits per heavy atom. The van der Waals surface area contributed by atoms with Gasteiger partial charge in [0.15, 0.2) is 0 Å². The first-order valence-electron chi connectivity index (χ1n) is 4.29. The molecule has 1 rings (SSSR count). The monoisotopic (exact) mass is 230 g/mol. The van der Waals surface area contributed by atoms with Gasteiger partial charge < -0.3 is 10.2 Å². The van der Waals surface area contributed by atoms with Gasteiger partial charge in [-0.2, -0.15) is 0 Å². The lowest BCUT2D eigenvalue weighted by Gasteiger charge is -2.09. The summed E-state index contributed by atoms with van der Waals surface area (Å²) in [6, 6.07) is 1.07. The first-order chi connectivity index (χ1) is 7.34. The maximum Gasteiger partial charge on any atom is 0.338 e. The fourth-order valence-corrected chi connectivity index (χ4v) is 1.19. The smallest absolute Gasteiger partial charge is 0.338 e. The van der Waals surface area contributed by atoms with Crippen LogP contribution in [0.1, 0.15) is 28.8 Å². The van der Waals surface area contributed by atoms with Crippen LogP contribution < -0.4 is 0 Å². The highest BCUT2D eigenvalue weighted by molar-refractivity contribution is 5.88. The Kier molecular flexibility index (Phi) is 3.22. The second kappa shape index (κ2) is 4.26. The summed E-state index contributed by atoms with van der Waals surface area (Å²) in [7, 11) is 0. The summed E-state index contributed by atoms with van der Waals surface area (Å²) < 4.78 is 26.5. The van der Waals surface area contributed by atoms with Crippen LogP contribution in [0.5, 0.6) is 0 Å². The van der Waals surface area contributed by atoms with E-state index >= 15 is 0 Å². The van der Waals surface area contributed by atoms with Crippen LogP contribution in [0.2, 0.25) is 0 Å². The highest BCUT2D eigenvalue weighted by Gasteiger charge is 2.22. The number of carboxylic acid groups (broad SMARTS) is 2. The average molecular weight is 230 g/mol. The maximum absolute atomic E-state index is 13.3. The van der Waals surface area contributed by atoms with Crippen LogP contribution in [-0.2, 0) is 4.79 Å². The van der Waals surface area contributed by atoms with Gasteiger partial charge in [-0.05, 0) is 19.1 Å². The number of carboxylic acids is 2. The van der Waals surface area contributed by atoms with Gasteiger partial charge in [0.2, 0.25) is 0 Å². The number of halogens is 2. The molecule has 0 amide bonds. The lowest BCUT2D eigenvalue weighted by molar-refractivity contribution is -0.138. The molecule has 0 bridgehead atoms. The number of carbonyl (C=O) groups is 2. The second-order valence-electron chi connectivity index (χ2n) is 3.22. The molecule has 0 aromatic heterocycles. The van der Waals surface area contributed by atoms with Crippen LogP contribution in [0, 0.1) is 11.6 Å². The number of aromatic carboxylic acids is 1. The van der Waals surface area contributed by atoms with E-state index in [4.69, 9.17) is 10.2 Å². The molecule has 0 heterocycles. The zero-order valence-electron chi connectivity index (χ0n) is 8.20. The molecule has 6 heteroatoms. The van der Waals surface area contributed by atoms with Crippen molar-refractivity contribution >= 4 is 11.9 Å². The number of hydrogen-bond acceptors (Lipinski definition) is 2. The quantitative estimate of drug-likeness (QED) is 0.830. The molecule has 0 aliphatic carbocycles. The SMILES string of the molecule is CC(C(=O)O)c1cc(F)c(C(=O)O)cc1F. The first-order valence-corrected chi connectivity index (χ1v) is 4.29. The normalized spacial score (nSPS) is 12.2. The van der Waals surface area contributed by atoms with Crippen LogP contribution in [0.25, 0.3) is 0 Å². The van der Waals surface area contributed by atoms with Crippen molar-refractivity contribution in [2.75, 3.05) is 0 Å². The van der Waals surface area contributed by atoms with E-state index in [0.29, 0.717) is 12.1 Å². The highest BCUT2D eigenvalue weighted by Crippen LogP contribution is 2.22. The molecular weight excluding hydrogens is 222 g/mol. The van der Waals surface area contributed by atoms with Gasteiger partial charge in [0, 0.05) is 5.56 Å². The number of rotatable bonds is 3. The van der Waals surface area contributed by atoms with Gasteiger partial charge in [-0.15, -0.1) is 0 Å². The van der Waals surface area contributed by atoms with E-state index in [0.717, 1.165) is 0 Å². The molecule has 2 N–H and O–H groups in total. The van der Waals surface area contributed by atoms with Gasteiger partial charge in [-0.3, -0.25) is 4.79 Å². The van der Waals surface area contributed by atoms with Gasteiger partial charge in [0.05, 0.1) is 11.5 Å². The lowest BCUT2D eigenvalue weighted by Crippen LogP contribution is -2.12. The van der Waals surface area contributed by atoms with Gasteiger partial charge in [0.25, 0.3) is 0 Å². The summed E-state index contributed by atoms with van der Waals surface area (Å²) in [6.45, 7) is 1.18. The van der Waals surface area contributed by atoms with Crippen LogP contribution in [0.4, 0.5) is 8.78 Å². The second-order valence-corrected chi connectivity index (χ2v) is 3.22. The van der Waals surface area contributed by atoms with Gasteiger partial charge in [0.1, 0.15) is 11.6 Å². The van der Waals surface area contributed by atoms with Crippen LogP contribution in [-0.4, -0.2) is 22.2 Å². The lowest BCUT2D eigenvalue weighted by atomic mass is 9.99. The van der Waals surface area contributed by atoms with Crippen LogP contribution in [0.15, 0.2) is 12.1 Å². The summed E-state index contributed by atoms with van der Waals surface area (Å²) in [6.07, 6.45) is 0. The topological polar surface area (TPSA) is 74.6 Å². The molecule has 4 nitrogen and oxygen atoms in total. The van der Waals surface area contributed by atoms with Crippen LogP contribution in [0.3, 0.4) is 0 Å². The molecule has 0 aliphatic rings. The molecule has 0 spiro atoms. The third-order valence-corrected chi connectivity index (χ3v) is 2.15. The molecule has 1 unspecified atom stereocenters. The Bertz CT molecular complexity index is 456. The van der Waals surface area contributed by atoms with E-state index in [9.17, 15) is 18.4 Å². The number of aliphatic carboxylic acids is 1. The van der Waals surface area contributed by atoms with Crippen LogP contribution >= 0.6 is 0 Å². The molecule has 86 valence electrons. The first kappa shape index (κ1) is 12.1. The van der Waals surface area contributed by atoms with Gasteiger partial charge in [-0.25, -0.2) is 13.6 Å². The minimum absolute atomic E-state index is 0.380. The zero-order valence-corrected chi connectivity index (χ0v) is 8.20. The summed E-state index contributed by atoms with van der Waals surface area (Å²) in [5.74, 6) is -6.37. The van der Waals surface area contributed by atoms with E-state index < -0.39 is 35.1 Å². The average Bonchev–Trinajstić information content (AvgIpc) is 2.19. The third kappa shape index (κ3) is 2.16. The molecular formula is C10H8F2O4. The predicted octanol–water partition coefficient (Wildman–Crippen LogP) is 1.85. The van der Waals surface area contributed by atoms with Gasteiger partial charge in [-0.1, -0.05) is 0 Å². The molecule has 0 saturated carbocycles. The fourth-order valence-electron chi connectivity index (χ4n) is 1.19. The van der Waals surface area contributed by atoms with E-state index in [-0.39, 0.29) is 5.56 Å². The summed E-state index contributed by atoms with van der Waals surface area (Å²) >= 11 is 0. The van der Waals surface area contributed by atoms with Crippen molar-refractivity contribution in [1.82, 2.24) is 0 Å². The molecule has 0 saturated heterocycles. The predicted molar refractivity (Wildman–Crippen MR) is 49.4 cm³/mol. The summed E-state index contributed by atoms with van der Waals surface area (Å²) in [5.41, 5.74) is -1.20. The highest BCUT2D eigenvalue weighted by atomic mass is 19.1. The minimum atomic E-state index is -1.61. The maximum atomic E-state index is 13.3. The standard InChI is InChI=1S/C10H8F2O4/c1-4(9(13)14)5-2-8(12)6(10(15)16)3-7(5)11/h2-4H,1H3,(H,13,14)(H,15,16). The van der Waals surface area contributed by atoms with Crippen molar-refractivity contribution in [1.29, 1.82) is 0 Å². The van der Waals surface area contributed by atoms with Crippen molar-refractivity contribution in [3.05, 3.63) is 34.9 Å². The van der Waals surface area contributed by atoms with Gasteiger partial charge >= 0.3 is 11.9 Å². The number of hydrogen-bond donors (Lipinski definition) is 2. The number of benzene rings is 1. The Hall–Kier alpha value is -1.98. The molecule has 16 heavy (non-hydrogen) atoms. The Balaban J connectivity index is 3.31. The van der Waals surface area contributed by atoms with E-state index in [2.05, 4.69) is 0 Å². The van der Waals surface area contributed by atoms with E-state index in [1.807, 2.05) is 0 Å². The van der Waals surface area contributed by atoms with Crippen molar-refractivity contribution in [3.8, 4) is 0 Å². The minimum Gasteiger partial charge on any atom is -0.481 e. The van der Waals surface area contributed by atoms with Crippen molar-refractivity contribution in [2.24, 2.45) is 0 Å². The fraction of sp³-hybridized carbons (Fsp3) is 0.200.